The summed E-state index contributed by atoms with van der Waals surface area (Å²) in [5, 5.41) is 0. The van der Waals surface area contributed by atoms with Gasteiger partial charge in [-0.15, -0.1) is 0 Å². The van der Waals surface area contributed by atoms with E-state index in [9.17, 15) is 0 Å². The Bertz CT molecular complexity index is 214. The minimum Gasteiger partial charge on any atom is -0.313 e. The molecule has 0 unspecified atom stereocenters. The molecule has 1 rings (SSSR count). The summed E-state index contributed by atoms with van der Waals surface area (Å²) < 4.78 is 0. The van der Waals surface area contributed by atoms with Crippen LogP contribution >= 0.6 is 0 Å². The van der Waals surface area contributed by atoms with Crippen molar-refractivity contribution in [2.24, 2.45) is 4.99 Å². The van der Waals surface area contributed by atoms with Crippen LogP contribution in [-0.2, 0) is 0 Å². The van der Waals surface area contributed by atoms with E-state index in [1.165, 1.54) is 5.57 Å². The fourth-order valence-corrected chi connectivity index (χ4v) is 1.20. The van der Waals surface area contributed by atoms with Crippen LogP contribution in [0.3, 0.4) is 0 Å². The minimum atomic E-state index is 1.03. The molecular formula is C9H14N2. The molecule has 0 aliphatic carbocycles. The normalized spacial score (nSPS) is 21.8. The molecular weight excluding hydrogens is 136 g/mol. The molecule has 0 atom stereocenters. The highest BCUT2D eigenvalue weighted by Crippen LogP contribution is 2.15. The Balaban J connectivity index is 2.83. The average Bonchev–Trinajstić information content (AvgIpc) is 2.04. The van der Waals surface area contributed by atoms with Gasteiger partial charge in [0, 0.05) is 25.9 Å². The second-order valence-corrected chi connectivity index (χ2v) is 2.71. The smallest absolute Gasteiger partial charge is 0.107 e. The molecule has 0 fully saturated rings. The highest BCUT2D eigenvalue weighted by Gasteiger charge is 2.10. The quantitative estimate of drug-likeness (QED) is 0.559. The molecule has 0 saturated heterocycles. The Morgan fingerprint density at radius 1 is 1.64 bits per heavy atom. The second kappa shape index (κ2) is 3.37. The first-order chi connectivity index (χ1) is 5.27. The van der Waals surface area contributed by atoms with Crippen molar-refractivity contribution in [3.63, 3.8) is 0 Å². The van der Waals surface area contributed by atoms with Crippen molar-refractivity contribution >= 4 is 5.84 Å². The SMILES string of the molecule is C=CN1C=C(C)CCC1=NC. The Hall–Kier alpha value is -1.05. The molecule has 0 spiro atoms. The summed E-state index contributed by atoms with van der Waals surface area (Å²) in [6.07, 6.45) is 6.03. The number of nitrogens with zero attached hydrogens (tertiary/aromatic N) is 2. The fourth-order valence-electron chi connectivity index (χ4n) is 1.20. The average molecular weight is 150 g/mol. The molecule has 0 amide bonds. The molecule has 0 aromatic carbocycles. The maximum atomic E-state index is 4.16. The third kappa shape index (κ3) is 1.70. The Morgan fingerprint density at radius 2 is 2.36 bits per heavy atom. The van der Waals surface area contributed by atoms with Gasteiger partial charge in [-0.1, -0.05) is 12.2 Å². The van der Waals surface area contributed by atoms with Crippen molar-refractivity contribution in [2.75, 3.05) is 7.05 Å². The van der Waals surface area contributed by atoms with Crippen LogP contribution < -0.4 is 0 Å². The van der Waals surface area contributed by atoms with Crippen molar-refractivity contribution in [3.8, 4) is 0 Å². The van der Waals surface area contributed by atoms with Gasteiger partial charge in [-0.05, 0) is 13.3 Å². The van der Waals surface area contributed by atoms with E-state index in [1.807, 2.05) is 11.9 Å². The molecule has 0 saturated carbocycles. The van der Waals surface area contributed by atoms with Crippen LogP contribution in [-0.4, -0.2) is 17.8 Å². The molecule has 11 heavy (non-hydrogen) atoms. The van der Waals surface area contributed by atoms with Gasteiger partial charge >= 0.3 is 0 Å². The lowest BCUT2D eigenvalue weighted by molar-refractivity contribution is 0.678. The molecule has 60 valence electrons. The van der Waals surface area contributed by atoms with Gasteiger partial charge in [0.15, 0.2) is 0 Å². The third-order valence-electron chi connectivity index (χ3n) is 1.86. The van der Waals surface area contributed by atoms with Gasteiger partial charge in [-0.3, -0.25) is 4.99 Å². The molecule has 1 aliphatic heterocycles. The maximum Gasteiger partial charge on any atom is 0.107 e. The molecule has 1 heterocycles. The third-order valence-corrected chi connectivity index (χ3v) is 1.86. The number of amidine groups is 1. The summed E-state index contributed by atoms with van der Waals surface area (Å²) in [5.41, 5.74) is 1.39. The Morgan fingerprint density at radius 3 is 2.91 bits per heavy atom. The van der Waals surface area contributed by atoms with Crippen molar-refractivity contribution in [1.29, 1.82) is 0 Å². The van der Waals surface area contributed by atoms with Gasteiger partial charge in [0.05, 0.1) is 0 Å². The largest absolute Gasteiger partial charge is 0.313 e. The van der Waals surface area contributed by atoms with Crippen LogP contribution in [0.5, 0.6) is 0 Å². The Labute approximate surface area is 67.9 Å². The predicted molar refractivity (Wildman–Crippen MR) is 48.4 cm³/mol. The van der Waals surface area contributed by atoms with Crippen molar-refractivity contribution in [2.45, 2.75) is 19.8 Å². The zero-order valence-corrected chi connectivity index (χ0v) is 7.17. The molecule has 2 heteroatoms. The summed E-state index contributed by atoms with van der Waals surface area (Å²) in [6.45, 7) is 5.85. The van der Waals surface area contributed by atoms with Crippen molar-refractivity contribution in [3.05, 3.63) is 24.6 Å². The van der Waals surface area contributed by atoms with E-state index in [-0.39, 0.29) is 0 Å². The highest BCUT2D eigenvalue weighted by atomic mass is 15.2. The first-order valence-corrected chi connectivity index (χ1v) is 3.81. The number of hydrogen-bond donors (Lipinski definition) is 0. The highest BCUT2D eigenvalue weighted by molar-refractivity contribution is 5.85. The number of aliphatic imine (C=N–C) groups is 1. The van der Waals surface area contributed by atoms with E-state index in [2.05, 4.69) is 24.7 Å². The van der Waals surface area contributed by atoms with Gasteiger partial charge < -0.3 is 4.90 Å². The number of rotatable bonds is 1. The molecule has 0 radical (unpaired) electrons. The molecule has 1 aliphatic rings. The predicted octanol–water partition coefficient (Wildman–Crippen LogP) is 2.16. The summed E-state index contributed by atoms with van der Waals surface area (Å²) >= 11 is 0. The van der Waals surface area contributed by atoms with Gasteiger partial charge in [0.1, 0.15) is 5.84 Å². The fraction of sp³-hybridized carbons (Fsp3) is 0.444. The summed E-state index contributed by atoms with van der Waals surface area (Å²) in [4.78, 5) is 6.15. The lowest BCUT2D eigenvalue weighted by Gasteiger charge is -2.23. The van der Waals surface area contributed by atoms with Crippen LogP contribution in [0.25, 0.3) is 0 Å². The summed E-state index contributed by atoms with van der Waals surface area (Å²) in [6, 6.07) is 0. The zero-order valence-electron chi connectivity index (χ0n) is 7.17. The second-order valence-electron chi connectivity index (χ2n) is 2.71. The number of hydrogen-bond acceptors (Lipinski definition) is 1. The van der Waals surface area contributed by atoms with Gasteiger partial charge in [-0.25, -0.2) is 0 Å². The first kappa shape index (κ1) is 8.05. The first-order valence-electron chi connectivity index (χ1n) is 3.81. The Kier molecular flexibility index (Phi) is 2.47. The van der Waals surface area contributed by atoms with Crippen LogP contribution in [0.2, 0.25) is 0 Å². The maximum absolute atomic E-state index is 4.16. The van der Waals surface area contributed by atoms with E-state index in [0.29, 0.717) is 0 Å². The van der Waals surface area contributed by atoms with Gasteiger partial charge in [0.2, 0.25) is 0 Å². The van der Waals surface area contributed by atoms with Crippen molar-refractivity contribution in [1.82, 2.24) is 4.90 Å². The lowest BCUT2D eigenvalue weighted by atomic mass is 10.1. The van der Waals surface area contributed by atoms with E-state index in [1.54, 1.807) is 6.20 Å². The molecule has 0 bridgehead atoms. The van der Waals surface area contributed by atoms with Crippen LogP contribution in [0.4, 0.5) is 0 Å². The molecule has 0 aromatic rings. The molecule has 0 N–H and O–H groups in total. The van der Waals surface area contributed by atoms with E-state index < -0.39 is 0 Å². The lowest BCUT2D eigenvalue weighted by Crippen LogP contribution is -2.23. The summed E-state index contributed by atoms with van der Waals surface area (Å²) in [5.74, 6) is 1.10. The van der Waals surface area contributed by atoms with E-state index >= 15 is 0 Å². The van der Waals surface area contributed by atoms with Gasteiger partial charge in [-0.2, -0.15) is 0 Å². The van der Waals surface area contributed by atoms with Crippen molar-refractivity contribution < 1.29 is 0 Å². The number of allylic oxidation sites excluding steroid dienone is 1. The topological polar surface area (TPSA) is 15.6 Å². The van der Waals surface area contributed by atoms with E-state index in [4.69, 9.17) is 0 Å². The monoisotopic (exact) mass is 150 g/mol. The molecule has 0 aromatic heterocycles. The standard InChI is InChI=1S/C9H14N2/c1-4-11-7-8(2)5-6-9(11)10-3/h4,7H,1,5-6H2,2-3H3. The van der Waals surface area contributed by atoms with Gasteiger partial charge in [0.25, 0.3) is 0 Å². The summed E-state index contributed by atoms with van der Waals surface area (Å²) in [7, 11) is 1.82. The molecule has 2 nitrogen and oxygen atoms in total. The van der Waals surface area contributed by atoms with Crippen LogP contribution in [0, 0.1) is 0 Å². The zero-order chi connectivity index (χ0) is 8.27. The van der Waals surface area contributed by atoms with Crippen LogP contribution in [0.15, 0.2) is 29.5 Å². The van der Waals surface area contributed by atoms with E-state index in [0.717, 1.165) is 18.7 Å². The van der Waals surface area contributed by atoms with Crippen LogP contribution in [0.1, 0.15) is 19.8 Å². The minimum absolute atomic E-state index is 1.03.